The molecule has 2 N–H and O–H groups in total. The molecule has 0 unspecified atom stereocenters. The molecule has 3 rings (SSSR count). The predicted molar refractivity (Wildman–Crippen MR) is 94.6 cm³/mol. The molecule has 1 atom stereocenters. The summed E-state index contributed by atoms with van der Waals surface area (Å²) in [5, 5.41) is 17.1. The van der Waals surface area contributed by atoms with Crippen molar-refractivity contribution >= 4 is 23.1 Å². The standard InChI is InChI=1S/C17H19N5O3/c23-17(20-15-8-9-18-11-16(15)22(24)25)21-10-4-7-14(12-21)19-13-5-2-1-3-6-13/h1-3,5-6,8-9,11,14,19H,4,7,10,12H2,(H,18,20,23)/t14-/m1/s1. The molecule has 25 heavy (non-hydrogen) atoms. The summed E-state index contributed by atoms with van der Waals surface area (Å²) in [4.78, 5) is 28.4. The number of nitrogens with zero attached hydrogens (tertiary/aromatic N) is 3. The molecular weight excluding hydrogens is 322 g/mol. The van der Waals surface area contributed by atoms with Gasteiger partial charge in [-0.25, -0.2) is 4.79 Å². The topological polar surface area (TPSA) is 100 Å². The Morgan fingerprint density at radius 3 is 2.84 bits per heavy atom. The Balaban J connectivity index is 1.63. The van der Waals surface area contributed by atoms with Gasteiger partial charge in [-0.05, 0) is 31.0 Å². The van der Waals surface area contributed by atoms with E-state index in [-0.39, 0.29) is 23.4 Å². The van der Waals surface area contributed by atoms with E-state index in [4.69, 9.17) is 0 Å². The number of rotatable bonds is 4. The monoisotopic (exact) mass is 341 g/mol. The fourth-order valence-corrected chi connectivity index (χ4v) is 2.88. The Bertz CT molecular complexity index is 753. The minimum Gasteiger partial charge on any atom is -0.381 e. The van der Waals surface area contributed by atoms with E-state index in [1.165, 1.54) is 12.3 Å². The van der Waals surface area contributed by atoms with Gasteiger partial charge < -0.3 is 15.5 Å². The number of likely N-dealkylation sites (tertiary alicyclic amines) is 1. The van der Waals surface area contributed by atoms with Gasteiger partial charge >= 0.3 is 11.7 Å². The maximum Gasteiger partial charge on any atom is 0.322 e. The second-order valence-corrected chi connectivity index (χ2v) is 5.88. The van der Waals surface area contributed by atoms with Crippen molar-refractivity contribution in [3.63, 3.8) is 0 Å². The summed E-state index contributed by atoms with van der Waals surface area (Å²) in [6.45, 7) is 1.16. The number of para-hydroxylation sites is 1. The van der Waals surface area contributed by atoms with Gasteiger partial charge in [-0.2, -0.15) is 0 Å². The van der Waals surface area contributed by atoms with Gasteiger partial charge in [0.25, 0.3) is 0 Å². The van der Waals surface area contributed by atoms with Crippen molar-refractivity contribution in [3.8, 4) is 0 Å². The van der Waals surface area contributed by atoms with E-state index >= 15 is 0 Å². The van der Waals surface area contributed by atoms with Crippen molar-refractivity contribution in [1.82, 2.24) is 9.88 Å². The third kappa shape index (κ3) is 4.23. The van der Waals surface area contributed by atoms with E-state index in [1.807, 2.05) is 30.3 Å². The maximum atomic E-state index is 12.5. The van der Waals surface area contributed by atoms with Crippen LogP contribution in [0.2, 0.25) is 0 Å². The molecule has 2 heterocycles. The summed E-state index contributed by atoms with van der Waals surface area (Å²) in [5.74, 6) is 0. The fourth-order valence-electron chi connectivity index (χ4n) is 2.88. The van der Waals surface area contributed by atoms with Crippen molar-refractivity contribution in [2.45, 2.75) is 18.9 Å². The van der Waals surface area contributed by atoms with E-state index in [1.54, 1.807) is 4.90 Å². The van der Waals surface area contributed by atoms with Crippen molar-refractivity contribution in [2.75, 3.05) is 23.7 Å². The smallest absolute Gasteiger partial charge is 0.322 e. The molecule has 0 aliphatic carbocycles. The normalized spacial score (nSPS) is 17.0. The number of benzene rings is 1. The number of piperidine rings is 1. The highest BCUT2D eigenvalue weighted by atomic mass is 16.6. The highest BCUT2D eigenvalue weighted by molar-refractivity contribution is 5.91. The zero-order valence-corrected chi connectivity index (χ0v) is 13.6. The van der Waals surface area contributed by atoms with Crippen LogP contribution >= 0.6 is 0 Å². The molecule has 1 aliphatic heterocycles. The van der Waals surface area contributed by atoms with Crippen LogP contribution in [0.5, 0.6) is 0 Å². The number of anilines is 2. The van der Waals surface area contributed by atoms with Gasteiger partial charge in [0.1, 0.15) is 11.9 Å². The van der Waals surface area contributed by atoms with E-state index in [0.29, 0.717) is 13.1 Å². The number of nitrogens with one attached hydrogen (secondary N) is 2. The fraction of sp³-hybridized carbons (Fsp3) is 0.294. The first-order valence-electron chi connectivity index (χ1n) is 8.09. The van der Waals surface area contributed by atoms with Gasteiger partial charge in [0, 0.05) is 31.0 Å². The van der Waals surface area contributed by atoms with Gasteiger partial charge in [-0.15, -0.1) is 0 Å². The maximum absolute atomic E-state index is 12.5. The van der Waals surface area contributed by atoms with Crippen LogP contribution in [0.1, 0.15) is 12.8 Å². The molecule has 130 valence electrons. The Hall–Kier alpha value is -3.16. The Morgan fingerprint density at radius 2 is 2.08 bits per heavy atom. The minimum atomic E-state index is -0.557. The van der Waals surface area contributed by atoms with Crippen LogP contribution in [0.25, 0.3) is 0 Å². The van der Waals surface area contributed by atoms with Crippen LogP contribution in [-0.2, 0) is 0 Å². The Morgan fingerprint density at radius 1 is 1.28 bits per heavy atom. The number of hydrogen-bond donors (Lipinski definition) is 2. The molecule has 0 saturated carbocycles. The Labute approximate surface area is 145 Å². The van der Waals surface area contributed by atoms with E-state index < -0.39 is 4.92 Å². The van der Waals surface area contributed by atoms with Crippen LogP contribution in [-0.4, -0.2) is 40.0 Å². The first kappa shape index (κ1) is 16.7. The molecule has 1 aromatic carbocycles. The zero-order chi connectivity index (χ0) is 17.6. The van der Waals surface area contributed by atoms with Gasteiger partial charge in [0.15, 0.2) is 0 Å². The van der Waals surface area contributed by atoms with Crippen molar-refractivity contribution in [2.24, 2.45) is 0 Å². The summed E-state index contributed by atoms with van der Waals surface area (Å²) < 4.78 is 0. The van der Waals surface area contributed by atoms with Crippen LogP contribution in [0.4, 0.5) is 21.9 Å². The molecule has 1 aromatic heterocycles. The lowest BCUT2D eigenvalue weighted by molar-refractivity contribution is -0.384. The van der Waals surface area contributed by atoms with Crippen molar-refractivity contribution in [3.05, 3.63) is 58.9 Å². The SMILES string of the molecule is O=C(Nc1ccncc1[N+](=O)[O-])N1CCC[C@@H](Nc2ccccc2)C1. The highest BCUT2D eigenvalue weighted by Gasteiger charge is 2.25. The lowest BCUT2D eigenvalue weighted by atomic mass is 10.1. The summed E-state index contributed by atoms with van der Waals surface area (Å²) >= 11 is 0. The Kier molecular flexibility index (Phi) is 5.08. The van der Waals surface area contributed by atoms with E-state index in [9.17, 15) is 14.9 Å². The molecule has 0 spiro atoms. The third-order valence-electron chi connectivity index (χ3n) is 4.09. The summed E-state index contributed by atoms with van der Waals surface area (Å²) in [7, 11) is 0. The van der Waals surface area contributed by atoms with Crippen LogP contribution in [0.3, 0.4) is 0 Å². The number of nitro groups is 1. The summed E-state index contributed by atoms with van der Waals surface area (Å²) in [6.07, 6.45) is 4.38. The molecule has 8 nitrogen and oxygen atoms in total. The first-order chi connectivity index (χ1) is 12.1. The third-order valence-corrected chi connectivity index (χ3v) is 4.09. The molecule has 0 bridgehead atoms. The summed E-state index contributed by atoms with van der Waals surface area (Å²) in [5.41, 5.74) is 0.953. The molecule has 2 aromatic rings. The number of carbonyl (C=O) groups is 1. The second kappa shape index (κ2) is 7.61. The molecular formula is C17H19N5O3. The number of aromatic nitrogens is 1. The largest absolute Gasteiger partial charge is 0.381 e. The zero-order valence-electron chi connectivity index (χ0n) is 13.6. The molecule has 8 heteroatoms. The van der Waals surface area contributed by atoms with Gasteiger partial charge in [-0.1, -0.05) is 18.2 Å². The van der Waals surface area contributed by atoms with Crippen molar-refractivity contribution in [1.29, 1.82) is 0 Å². The molecule has 2 amide bonds. The number of carbonyl (C=O) groups excluding carboxylic acids is 1. The molecule has 1 fully saturated rings. The van der Waals surface area contributed by atoms with Gasteiger partial charge in [0.2, 0.25) is 0 Å². The predicted octanol–water partition coefficient (Wildman–Crippen LogP) is 3.10. The molecule has 1 saturated heterocycles. The second-order valence-electron chi connectivity index (χ2n) is 5.88. The number of hydrogen-bond acceptors (Lipinski definition) is 5. The van der Waals surface area contributed by atoms with Crippen molar-refractivity contribution < 1.29 is 9.72 Å². The average molecular weight is 341 g/mol. The number of urea groups is 1. The molecule has 0 radical (unpaired) electrons. The quantitative estimate of drug-likeness (QED) is 0.657. The lowest BCUT2D eigenvalue weighted by Gasteiger charge is -2.33. The van der Waals surface area contributed by atoms with Gasteiger partial charge in [-0.3, -0.25) is 15.1 Å². The molecule has 1 aliphatic rings. The number of amides is 2. The minimum absolute atomic E-state index is 0.148. The lowest BCUT2D eigenvalue weighted by Crippen LogP contribution is -2.46. The van der Waals surface area contributed by atoms with Crippen LogP contribution < -0.4 is 10.6 Å². The summed E-state index contributed by atoms with van der Waals surface area (Å²) in [6, 6.07) is 11.1. The first-order valence-corrected chi connectivity index (χ1v) is 8.09. The van der Waals surface area contributed by atoms with Crippen LogP contribution in [0, 0.1) is 10.1 Å². The van der Waals surface area contributed by atoms with Gasteiger partial charge in [0.05, 0.1) is 4.92 Å². The number of pyridine rings is 1. The average Bonchev–Trinajstić information content (AvgIpc) is 2.63. The van der Waals surface area contributed by atoms with Crippen LogP contribution in [0.15, 0.2) is 48.8 Å². The highest BCUT2D eigenvalue weighted by Crippen LogP contribution is 2.23. The van der Waals surface area contributed by atoms with E-state index in [0.717, 1.165) is 24.7 Å². The van der Waals surface area contributed by atoms with E-state index in [2.05, 4.69) is 15.6 Å².